The molecule has 2 N–H and O–H groups in total. The molecule has 0 heterocycles. The number of amides is 2. The molecule has 2 rings (SSSR count). The fourth-order valence-electron chi connectivity index (χ4n) is 1.85. The van der Waals surface area contributed by atoms with E-state index in [4.69, 9.17) is 4.74 Å². The van der Waals surface area contributed by atoms with Gasteiger partial charge in [-0.1, -0.05) is 17.7 Å². The van der Waals surface area contributed by atoms with Gasteiger partial charge in [-0.15, -0.1) is 0 Å². The maximum atomic E-state index is 12.7. The molecule has 0 bridgehead atoms. The molecule has 0 radical (unpaired) electrons. The third-order valence-electron chi connectivity index (χ3n) is 2.89. The van der Waals surface area contributed by atoms with Crippen molar-refractivity contribution in [1.82, 2.24) is 5.32 Å². The summed E-state index contributed by atoms with van der Waals surface area (Å²) in [5.74, 6) is 0.377. The van der Waals surface area contributed by atoms with Crippen molar-refractivity contribution in [2.24, 2.45) is 0 Å². The van der Waals surface area contributed by atoms with E-state index in [-0.39, 0.29) is 12.5 Å². The molecule has 0 unspecified atom stereocenters. The SMILES string of the molecule is Cc1ccc(OCNC(=O)Nc2ccc(F)cc2)c(C)c1. The molecule has 5 heteroatoms. The first-order chi connectivity index (χ1) is 10.0. The van der Waals surface area contributed by atoms with Gasteiger partial charge in [-0.05, 0) is 49.7 Å². The third-order valence-corrected chi connectivity index (χ3v) is 2.89. The second-order valence-electron chi connectivity index (χ2n) is 4.70. The van der Waals surface area contributed by atoms with Gasteiger partial charge in [0.25, 0.3) is 0 Å². The molecule has 2 aromatic carbocycles. The molecule has 2 aromatic rings. The summed E-state index contributed by atoms with van der Waals surface area (Å²) in [6.07, 6.45) is 0. The zero-order valence-electron chi connectivity index (χ0n) is 11.9. The summed E-state index contributed by atoms with van der Waals surface area (Å²) in [6.45, 7) is 4.00. The highest BCUT2D eigenvalue weighted by Gasteiger charge is 2.03. The Morgan fingerprint density at radius 3 is 2.52 bits per heavy atom. The van der Waals surface area contributed by atoms with Crippen LogP contribution >= 0.6 is 0 Å². The first-order valence-electron chi connectivity index (χ1n) is 6.55. The van der Waals surface area contributed by atoms with Crippen molar-refractivity contribution in [3.63, 3.8) is 0 Å². The van der Waals surface area contributed by atoms with E-state index in [1.54, 1.807) is 0 Å². The minimum atomic E-state index is -0.411. The number of ether oxygens (including phenoxy) is 1. The lowest BCUT2D eigenvalue weighted by molar-refractivity contribution is 0.234. The van der Waals surface area contributed by atoms with Gasteiger partial charge in [0, 0.05) is 5.69 Å². The molecule has 110 valence electrons. The molecule has 0 aliphatic heterocycles. The van der Waals surface area contributed by atoms with Crippen molar-refractivity contribution in [2.45, 2.75) is 13.8 Å². The number of rotatable bonds is 4. The summed E-state index contributed by atoms with van der Waals surface area (Å²) in [6, 6.07) is 10.9. The van der Waals surface area contributed by atoms with Crippen LogP contribution < -0.4 is 15.4 Å². The monoisotopic (exact) mass is 288 g/mol. The maximum absolute atomic E-state index is 12.7. The summed E-state index contributed by atoms with van der Waals surface area (Å²) < 4.78 is 18.2. The van der Waals surface area contributed by atoms with Crippen LogP contribution in [0.15, 0.2) is 42.5 Å². The highest BCUT2D eigenvalue weighted by Crippen LogP contribution is 2.18. The van der Waals surface area contributed by atoms with E-state index in [1.807, 2.05) is 32.0 Å². The van der Waals surface area contributed by atoms with Crippen molar-refractivity contribution in [3.05, 3.63) is 59.4 Å². The zero-order chi connectivity index (χ0) is 15.2. The number of urea groups is 1. The number of hydrogen-bond acceptors (Lipinski definition) is 2. The van der Waals surface area contributed by atoms with Crippen LogP contribution in [0.1, 0.15) is 11.1 Å². The van der Waals surface area contributed by atoms with Gasteiger partial charge in [-0.3, -0.25) is 0 Å². The van der Waals surface area contributed by atoms with E-state index in [0.29, 0.717) is 5.69 Å². The number of nitrogens with one attached hydrogen (secondary N) is 2. The van der Waals surface area contributed by atoms with Gasteiger partial charge in [0.15, 0.2) is 6.73 Å². The average Bonchev–Trinajstić information content (AvgIpc) is 2.44. The van der Waals surface area contributed by atoms with Crippen molar-refractivity contribution < 1.29 is 13.9 Å². The van der Waals surface area contributed by atoms with Crippen molar-refractivity contribution in [2.75, 3.05) is 12.0 Å². The highest BCUT2D eigenvalue weighted by atomic mass is 19.1. The first kappa shape index (κ1) is 14.8. The highest BCUT2D eigenvalue weighted by molar-refractivity contribution is 5.89. The van der Waals surface area contributed by atoms with Gasteiger partial charge >= 0.3 is 6.03 Å². The molecule has 0 aliphatic carbocycles. The Balaban J connectivity index is 1.80. The Bertz CT molecular complexity index is 627. The largest absolute Gasteiger partial charge is 0.473 e. The van der Waals surface area contributed by atoms with E-state index < -0.39 is 6.03 Å². The third kappa shape index (κ3) is 4.49. The molecular weight excluding hydrogens is 271 g/mol. The predicted octanol–water partition coefficient (Wildman–Crippen LogP) is 3.60. The van der Waals surface area contributed by atoms with Crippen LogP contribution in [-0.2, 0) is 0 Å². The number of benzene rings is 2. The predicted molar refractivity (Wildman–Crippen MR) is 80.0 cm³/mol. The van der Waals surface area contributed by atoms with Crippen molar-refractivity contribution in [1.29, 1.82) is 0 Å². The van der Waals surface area contributed by atoms with Crippen LogP contribution in [0.5, 0.6) is 5.75 Å². The Morgan fingerprint density at radius 1 is 1.14 bits per heavy atom. The second-order valence-corrected chi connectivity index (χ2v) is 4.70. The van der Waals surface area contributed by atoms with Gasteiger partial charge in [-0.25, -0.2) is 9.18 Å². The lowest BCUT2D eigenvalue weighted by Crippen LogP contribution is -2.32. The van der Waals surface area contributed by atoms with Gasteiger partial charge < -0.3 is 15.4 Å². The topological polar surface area (TPSA) is 50.4 Å². The number of anilines is 1. The minimum absolute atomic E-state index is 0.0525. The summed E-state index contributed by atoms with van der Waals surface area (Å²) in [5.41, 5.74) is 2.68. The molecule has 0 saturated carbocycles. The van der Waals surface area contributed by atoms with Gasteiger partial charge in [-0.2, -0.15) is 0 Å². The molecule has 0 fully saturated rings. The van der Waals surface area contributed by atoms with Crippen molar-refractivity contribution >= 4 is 11.7 Å². The van der Waals surface area contributed by atoms with Gasteiger partial charge in [0.05, 0.1) is 0 Å². The fraction of sp³-hybridized carbons (Fsp3) is 0.188. The molecule has 0 aliphatic rings. The van der Waals surface area contributed by atoms with E-state index in [2.05, 4.69) is 10.6 Å². The lowest BCUT2D eigenvalue weighted by Gasteiger charge is -2.11. The summed E-state index contributed by atoms with van der Waals surface area (Å²) >= 11 is 0. The second kappa shape index (κ2) is 6.74. The molecule has 0 atom stereocenters. The van der Waals surface area contributed by atoms with Crippen LogP contribution in [0, 0.1) is 19.7 Å². The lowest BCUT2D eigenvalue weighted by atomic mass is 10.1. The fourth-order valence-corrected chi connectivity index (χ4v) is 1.85. The Kier molecular flexibility index (Phi) is 4.77. The average molecular weight is 288 g/mol. The van der Waals surface area contributed by atoms with E-state index in [1.165, 1.54) is 24.3 Å². The van der Waals surface area contributed by atoms with Crippen molar-refractivity contribution in [3.8, 4) is 5.75 Å². The number of halogens is 1. The normalized spacial score (nSPS) is 10.0. The maximum Gasteiger partial charge on any atom is 0.321 e. The Morgan fingerprint density at radius 2 is 1.86 bits per heavy atom. The van der Waals surface area contributed by atoms with Crippen LogP contribution in [-0.4, -0.2) is 12.8 Å². The minimum Gasteiger partial charge on any atom is -0.473 e. The molecule has 2 amide bonds. The zero-order valence-corrected chi connectivity index (χ0v) is 11.9. The quantitative estimate of drug-likeness (QED) is 0.845. The molecule has 0 saturated heterocycles. The van der Waals surface area contributed by atoms with Gasteiger partial charge in [0.2, 0.25) is 0 Å². The first-order valence-corrected chi connectivity index (χ1v) is 6.55. The molecule has 4 nitrogen and oxygen atoms in total. The van der Waals surface area contributed by atoms with Crippen LogP contribution in [0.3, 0.4) is 0 Å². The molecule has 21 heavy (non-hydrogen) atoms. The smallest absolute Gasteiger partial charge is 0.321 e. The Hall–Kier alpha value is -2.56. The van der Waals surface area contributed by atoms with Crippen LogP contribution in [0.25, 0.3) is 0 Å². The molecule has 0 aromatic heterocycles. The summed E-state index contributed by atoms with van der Waals surface area (Å²) in [5, 5.41) is 5.15. The number of hydrogen-bond donors (Lipinski definition) is 2. The Labute approximate surface area is 122 Å². The van der Waals surface area contributed by atoms with E-state index >= 15 is 0 Å². The van der Waals surface area contributed by atoms with E-state index in [9.17, 15) is 9.18 Å². The van der Waals surface area contributed by atoms with Crippen LogP contribution in [0.4, 0.5) is 14.9 Å². The number of carbonyl (C=O) groups excluding carboxylic acids is 1. The summed E-state index contributed by atoms with van der Waals surface area (Å²) in [4.78, 5) is 11.6. The number of carbonyl (C=O) groups is 1. The standard InChI is InChI=1S/C16H17FN2O2/c1-11-3-8-15(12(2)9-11)21-10-18-16(20)19-14-6-4-13(17)5-7-14/h3-9H,10H2,1-2H3,(H2,18,19,20). The molecule has 0 spiro atoms. The molecular formula is C16H17FN2O2. The van der Waals surface area contributed by atoms with E-state index in [0.717, 1.165) is 16.9 Å². The van der Waals surface area contributed by atoms with Crippen LogP contribution in [0.2, 0.25) is 0 Å². The van der Waals surface area contributed by atoms with Gasteiger partial charge in [0.1, 0.15) is 11.6 Å². The number of aryl methyl sites for hydroxylation is 2. The summed E-state index contributed by atoms with van der Waals surface area (Å²) in [7, 11) is 0.